The number of hydrogen-bond donors (Lipinski definition) is 3. The SMILES string of the molecule is NCC1(C(=O)NCc2ccc(S(N)(=O)=O)cc2)CC1. The minimum Gasteiger partial charge on any atom is -0.352 e. The van der Waals surface area contributed by atoms with Crippen LogP contribution in [0.1, 0.15) is 18.4 Å². The predicted octanol–water partition coefficient (Wildman–Crippen LogP) is -0.311. The molecule has 6 nitrogen and oxygen atoms in total. The van der Waals surface area contributed by atoms with E-state index in [0.717, 1.165) is 18.4 Å². The second kappa shape index (κ2) is 4.92. The zero-order valence-corrected chi connectivity index (χ0v) is 11.2. The molecule has 7 heteroatoms. The van der Waals surface area contributed by atoms with Gasteiger partial charge in [0.2, 0.25) is 15.9 Å². The number of carbonyl (C=O) groups excluding carboxylic acids is 1. The summed E-state index contributed by atoms with van der Waals surface area (Å²) in [4.78, 5) is 11.9. The van der Waals surface area contributed by atoms with Gasteiger partial charge in [0, 0.05) is 13.1 Å². The molecule has 104 valence electrons. The highest BCUT2D eigenvalue weighted by molar-refractivity contribution is 7.89. The highest BCUT2D eigenvalue weighted by Gasteiger charge is 2.48. The molecule has 0 aromatic heterocycles. The van der Waals surface area contributed by atoms with Crippen LogP contribution >= 0.6 is 0 Å². The van der Waals surface area contributed by atoms with E-state index in [1.54, 1.807) is 12.1 Å². The molecule has 1 fully saturated rings. The van der Waals surface area contributed by atoms with Crippen LogP contribution in [0.2, 0.25) is 0 Å². The Hall–Kier alpha value is -1.44. The summed E-state index contributed by atoms with van der Waals surface area (Å²) < 4.78 is 22.2. The minimum atomic E-state index is -3.67. The summed E-state index contributed by atoms with van der Waals surface area (Å²) in [5.74, 6) is -0.0366. The minimum absolute atomic E-state index is 0.0366. The average Bonchev–Trinajstić information content (AvgIpc) is 3.16. The number of nitrogens with two attached hydrogens (primary N) is 2. The maximum absolute atomic E-state index is 11.9. The molecule has 0 aliphatic heterocycles. The molecule has 0 atom stereocenters. The van der Waals surface area contributed by atoms with Gasteiger partial charge in [0.25, 0.3) is 0 Å². The highest BCUT2D eigenvalue weighted by atomic mass is 32.2. The lowest BCUT2D eigenvalue weighted by Crippen LogP contribution is -2.36. The summed E-state index contributed by atoms with van der Waals surface area (Å²) in [6.07, 6.45) is 1.67. The monoisotopic (exact) mass is 283 g/mol. The standard InChI is InChI=1S/C12H17N3O3S/c13-8-12(5-6-12)11(16)15-7-9-1-3-10(4-2-9)19(14,17)18/h1-4H,5-8,13H2,(H,15,16)(H2,14,17,18). The molecule has 5 N–H and O–H groups in total. The molecule has 0 unspecified atom stereocenters. The van der Waals surface area contributed by atoms with Gasteiger partial charge in [-0.3, -0.25) is 4.79 Å². The fourth-order valence-electron chi connectivity index (χ4n) is 1.84. The van der Waals surface area contributed by atoms with Gasteiger partial charge < -0.3 is 11.1 Å². The van der Waals surface area contributed by atoms with Crippen LogP contribution in [-0.4, -0.2) is 20.9 Å². The van der Waals surface area contributed by atoms with Crippen LogP contribution in [0.3, 0.4) is 0 Å². The van der Waals surface area contributed by atoms with Gasteiger partial charge in [-0.1, -0.05) is 12.1 Å². The quantitative estimate of drug-likeness (QED) is 0.687. The lowest BCUT2D eigenvalue weighted by molar-refractivity contribution is -0.126. The van der Waals surface area contributed by atoms with E-state index in [9.17, 15) is 13.2 Å². The van der Waals surface area contributed by atoms with Gasteiger partial charge in [-0.15, -0.1) is 0 Å². The number of sulfonamides is 1. The Morgan fingerprint density at radius 1 is 1.26 bits per heavy atom. The largest absolute Gasteiger partial charge is 0.352 e. The molecular formula is C12H17N3O3S. The second-order valence-corrected chi connectivity index (χ2v) is 6.42. The van der Waals surface area contributed by atoms with Crippen molar-refractivity contribution in [3.05, 3.63) is 29.8 Å². The lowest BCUT2D eigenvalue weighted by Gasteiger charge is -2.12. The third-order valence-electron chi connectivity index (χ3n) is 3.43. The Morgan fingerprint density at radius 2 is 1.84 bits per heavy atom. The summed E-state index contributed by atoms with van der Waals surface area (Å²) in [6.45, 7) is 0.717. The van der Waals surface area contributed by atoms with E-state index < -0.39 is 10.0 Å². The van der Waals surface area contributed by atoms with Crippen LogP contribution in [0.25, 0.3) is 0 Å². The van der Waals surface area contributed by atoms with Gasteiger partial charge in [-0.05, 0) is 30.5 Å². The molecule has 0 heterocycles. The van der Waals surface area contributed by atoms with Gasteiger partial charge in [0.1, 0.15) is 0 Å². The first-order valence-electron chi connectivity index (χ1n) is 5.97. The first-order chi connectivity index (χ1) is 8.87. The van der Waals surface area contributed by atoms with Gasteiger partial charge in [0.15, 0.2) is 0 Å². The highest BCUT2D eigenvalue weighted by Crippen LogP contribution is 2.44. The van der Waals surface area contributed by atoms with E-state index in [1.807, 2.05) is 0 Å². The normalized spacial score (nSPS) is 16.9. The van der Waals surface area contributed by atoms with Gasteiger partial charge in [-0.2, -0.15) is 0 Å². The molecule has 0 bridgehead atoms. The van der Waals surface area contributed by atoms with Gasteiger partial charge in [-0.25, -0.2) is 13.6 Å². The summed E-state index contributed by atoms with van der Waals surface area (Å²) in [5, 5.41) is 7.81. The van der Waals surface area contributed by atoms with E-state index in [1.165, 1.54) is 12.1 Å². The van der Waals surface area contributed by atoms with Gasteiger partial charge in [0.05, 0.1) is 10.3 Å². The molecular weight excluding hydrogens is 266 g/mol. The molecule has 1 aliphatic carbocycles. The fraction of sp³-hybridized carbons (Fsp3) is 0.417. The fourth-order valence-corrected chi connectivity index (χ4v) is 2.36. The molecule has 1 saturated carbocycles. The Bertz CT molecular complexity index is 577. The average molecular weight is 283 g/mol. The summed E-state index contributed by atoms with van der Waals surface area (Å²) in [5.41, 5.74) is 6.00. The van der Waals surface area contributed by atoms with Crippen LogP contribution in [0.15, 0.2) is 29.2 Å². The van der Waals surface area contributed by atoms with Crippen molar-refractivity contribution < 1.29 is 13.2 Å². The molecule has 1 amide bonds. The van der Waals surface area contributed by atoms with Gasteiger partial charge >= 0.3 is 0 Å². The molecule has 0 spiro atoms. The van der Waals surface area contributed by atoms with Crippen LogP contribution in [0.4, 0.5) is 0 Å². The molecule has 1 aliphatic rings. The van der Waals surface area contributed by atoms with Crippen molar-refractivity contribution in [2.24, 2.45) is 16.3 Å². The smallest absolute Gasteiger partial charge is 0.238 e. The van der Waals surface area contributed by atoms with Crippen molar-refractivity contribution >= 4 is 15.9 Å². The number of benzene rings is 1. The topological polar surface area (TPSA) is 115 Å². The summed E-state index contributed by atoms with van der Waals surface area (Å²) in [7, 11) is -3.67. The van der Waals surface area contributed by atoms with Crippen molar-refractivity contribution in [1.29, 1.82) is 0 Å². The van der Waals surface area contributed by atoms with Crippen LogP contribution in [0.5, 0.6) is 0 Å². The number of nitrogens with one attached hydrogen (secondary N) is 1. The summed E-state index contributed by atoms with van der Waals surface area (Å²) in [6, 6.07) is 6.10. The Morgan fingerprint density at radius 3 is 2.26 bits per heavy atom. The number of rotatable bonds is 5. The zero-order valence-electron chi connectivity index (χ0n) is 10.4. The maximum Gasteiger partial charge on any atom is 0.238 e. The van der Waals surface area contributed by atoms with Crippen molar-refractivity contribution in [3.63, 3.8) is 0 Å². The van der Waals surface area contributed by atoms with Crippen molar-refractivity contribution in [3.8, 4) is 0 Å². The maximum atomic E-state index is 11.9. The third-order valence-corrected chi connectivity index (χ3v) is 4.36. The molecule has 1 aromatic rings. The molecule has 0 saturated heterocycles. The first kappa shape index (κ1) is 14.0. The van der Waals surface area contributed by atoms with Crippen LogP contribution < -0.4 is 16.2 Å². The molecule has 19 heavy (non-hydrogen) atoms. The Labute approximate surface area is 112 Å². The first-order valence-corrected chi connectivity index (χ1v) is 7.52. The molecule has 1 aromatic carbocycles. The number of primary sulfonamides is 1. The van der Waals surface area contributed by atoms with E-state index in [2.05, 4.69) is 5.32 Å². The second-order valence-electron chi connectivity index (χ2n) is 4.86. The summed E-state index contributed by atoms with van der Waals surface area (Å²) >= 11 is 0. The molecule has 2 rings (SSSR count). The number of hydrogen-bond acceptors (Lipinski definition) is 4. The Kier molecular flexibility index (Phi) is 3.62. The number of amides is 1. The third kappa shape index (κ3) is 3.12. The predicted molar refractivity (Wildman–Crippen MR) is 70.4 cm³/mol. The van der Waals surface area contributed by atoms with E-state index >= 15 is 0 Å². The lowest BCUT2D eigenvalue weighted by atomic mass is 10.1. The van der Waals surface area contributed by atoms with E-state index in [-0.39, 0.29) is 16.2 Å². The van der Waals surface area contributed by atoms with Crippen molar-refractivity contribution in [2.75, 3.05) is 6.54 Å². The Balaban J connectivity index is 1.96. The zero-order chi connectivity index (χ0) is 14.1. The molecule has 0 radical (unpaired) electrons. The van der Waals surface area contributed by atoms with Crippen LogP contribution in [-0.2, 0) is 21.4 Å². The van der Waals surface area contributed by atoms with Crippen molar-refractivity contribution in [2.45, 2.75) is 24.3 Å². The van der Waals surface area contributed by atoms with Crippen molar-refractivity contribution in [1.82, 2.24) is 5.32 Å². The number of carbonyl (C=O) groups is 1. The van der Waals surface area contributed by atoms with E-state index in [0.29, 0.717) is 13.1 Å². The van der Waals surface area contributed by atoms with Crippen LogP contribution in [0, 0.1) is 5.41 Å². The van der Waals surface area contributed by atoms with E-state index in [4.69, 9.17) is 10.9 Å².